The molecule has 0 aliphatic heterocycles. The van der Waals surface area contributed by atoms with E-state index in [1.165, 1.54) is 0 Å². The molecule has 94 valence electrons. The molecule has 0 unspecified atom stereocenters. The van der Waals surface area contributed by atoms with Gasteiger partial charge in [-0.25, -0.2) is 0 Å². The van der Waals surface area contributed by atoms with Crippen molar-refractivity contribution in [2.75, 3.05) is 11.1 Å². The van der Waals surface area contributed by atoms with Crippen molar-refractivity contribution in [1.29, 1.82) is 0 Å². The van der Waals surface area contributed by atoms with E-state index in [0.717, 1.165) is 25.8 Å². The molecule has 1 aromatic heterocycles. The van der Waals surface area contributed by atoms with Gasteiger partial charge in [-0.1, -0.05) is 30.3 Å². The maximum absolute atomic E-state index is 6.06. The first kappa shape index (κ1) is 12.2. The fraction of sp³-hybridized carbons (Fsp3) is 0. The van der Waals surface area contributed by atoms with Crippen molar-refractivity contribution < 1.29 is 0 Å². The molecule has 3 nitrogen and oxygen atoms in total. The number of rotatable bonds is 2. The van der Waals surface area contributed by atoms with Gasteiger partial charge in [-0.3, -0.25) is 4.98 Å². The summed E-state index contributed by atoms with van der Waals surface area (Å²) in [5.74, 6) is 0. The Balaban J connectivity index is 2.15. The summed E-state index contributed by atoms with van der Waals surface area (Å²) in [5, 5.41) is 4.44. The Morgan fingerprint density at radius 1 is 1.00 bits per heavy atom. The van der Waals surface area contributed by atoms with E-state index in [1.807, 2.05) is 42.5 Å². The Kier molecular flexibility index (Phi) is 3.25. The van der Waals surface area contributed by atoms with Gasteiger partial charge in [-0.2, -0.15) is 0 Å². The number of hydrogen-bond acceptors (Lipinski definition) is 3. The number of anilines is 3. The molecule has 0 atom stereocenters. The molecule has 0 amide bonds. The van der Waals surface area contributed by atoms with Crippen LogP contribution in [0.25, 0.3) is 10.9 Å². The minimum atomic E-state index is 0.651. The van der Waals surface area contributed by atoms with Gasteiger partial charge in [-0.05, 0) is 40.8 Å². The number of para-hydroxylation sites is 2. The van der Waals surface area contributed by atoms with Crippen LogP contribution in [0.2, 0.25) is 0 Å². The van der Waals surface area contributed by atoms with E-state index >= 15 is 0 Å². The highest BCUT2D eigenvalue weighted by Gasteiger charge is 2.07. The normalized spacial score (nSPS) is 10.6. The van der Waals surface area contributed by atoms with Crippen LogP contribution in [0.3, 0.4) is 0 Å². The predicted molar refractivity (Wildman–Crippen MR) is 88.6 cm³/mol. The van der Waals surface area contributed by atoms with Crippen molar-refractivity contribution in [3.05, 3.63) is 58.3 Å². The first-order valence-electron chi connectivity index (χ1n) is 5.90. The smallest absolute Gasteiger partial charge is 0.0746 e. The number of hydrogen-bond donors (Lipinski definition) is 2. The van der Waals surface area contributed by atoms with Crippen LogP contribution >= 0.6 is 22.6 Å². The first-order chi connectivity index (χ1) is 9.25. The third kappa shape index (κ3) is 2.35. The number of pyridine rings is 1. The van der Waals surface area contributed by atoms with Gasteiger partial charge in [0.05, 0.1) is 28.8 Å². The van der Waals surface area contributed by atoms with Crippen molar-refractivity contribution in [3.63, 3.8) is 0 Å². The summed E-state index contributed by atoms with van der Waals surface area (Å²) in [6.07, 6.45) is 1.69. The standard InChI is InChI=1S/C15H12IN3/c16-11-6-2-4-8-14(11)19-15-10-5-1-3-7-13(10)18-9-12(15)17/h1-9H,17H2,(H,18,19). The molecule has 1 heterocycles. The first-order valence-corrected chi connectivity index (χ1v) is 6.98. The number of nitrogens with zero attached hydrogens (tertiary/aromatic N) is 1. The summed E-state index contributed by atoms with van der Waals surface area (Å²) < 4.78 is 1.15. The van der Waals surface area contributed by atoms with E-state index in [9.17, 15) is 0 Å². The Morgan fingerprint density at radius 2 is 1.74 bits per heavy atom. The largest absolute Gasteiger partial charge is 0.396 e. The second-order valence-corrected chi connectivity index (χ2v) is 5.37. The minimum absolute atomic E-state index is 0.651. The summed E-state index contributed by atoms with van der Waals surface area (Å²) in [5.41, 5.74) is 9.60. The molecule has 3 aromatic rings. The highest BCUT2D eigenvalue weighted by Crippen LogP contribution is 2.31. The lowest BCUT2D eigenvalue weighted by Crippen LogP contribution is -1.99. The molecule has 0 aliphatic rings. The van der Waals surface area contributed by atoms with E-state index in [2.05, 4.69) is 39.0 Å². The highest BCUT2D eigenvalue weighted by molar-refractivity contribution is 14.1. The number of halogens is 1. The molecule has 0 saturated heterocycles. The molecule has 19 heavy (non-hydrogen) atoms. The van der Waals surface area contributed by atoms with Crippen molar-refractivity contribution in [3.8, 4) is 0 Å². The number of benzene rings is 2. The molecule has 0 spiro atoms. The Labute approximate surface area is 125 Å². The Hall–Kier alpha value is -1.82. The third-order valence-electron chi connectivity index (χ3n) is 2.94. The quantitative estimate of drug-likeness (QED) is 0.674. The van der Waals surface area contributed by atoms with Gasteiger partial charge in [0.1, 0.15) is 0 Å². The summed E-state index contributed by atoms with van der Waals surface area (Å²) in [6.45, 7) is 0. The SMILES string of the molecule is Nc1cnc2ccccc2c1Nc1ccccc1I. The zero-order valence-corrected chi connectivity index (χ0v) is 12.3. The van der Waals surface area contributed by atoms with E-state index in [-0.39, 0.29) is 0 Å². The van der Waals surface area contributed by atoms with Gasteiger partial charge in [0.25, 0.3) is 0 Å². The lowest BCUT2D eigenvalue weighted by atomic mass is 10.1. The zero-order valence-electron chi connectivity index (χ0n) is 10.1. The summed E-state index contributed by atoms with van der Waals surface area (Å²) in [7, 11) is 0. The number of fused-ring (bicyclic) bond motifs is 1. The fourth-order valence-electron chi connectivity index (χ4n) is 1.99. The van der Waals surface area contributed by atoms with Gasteiger partial charge in [0.15, 0.2) is 0 Å². The molecule has 0 bridgehead atoms. The van der Waals surface area contributed by atoms with Gasteiger partial charge in [-0.15, -0.1) is 0 Å². The molecular formula is C15H12IN3. The molecule has 0 aliphatic carbocycles. The van der Waals surface area contributed by atoms with E-state index in [0.29, 0.717) is 5.69 Å². The molecule has 3 N–H and O–H groups in total. The molecule has 3 rings (SSSR count). The number of nitrogen functional groups attached to an aromatic ring is 1. The van der Waals surface area contributed by atoms with E-state index in [4.69, 9.17) is 5.73 Å². The average molecular weight is 361 g/mol. The minimum Gasteiger partial charge on any atom is -0.396 e. The Morgan fingerprint density at radius 3 is 2.58 bits per heavy atom. The molecular weight excluding hydrogens is 349 g/mol. The molecule has 0 saturated carbocycles. The Bertz CT molecular complexity index is 740. The summed E-state index contributed by atoms with van der Waals surface area (Å²) >= 11 is 2.30. The lowest BCUT2D eigenvalue weighted by molar-refractivity contribution is 1.40. The van der Waals surface area contributed by atoms with Gasteiger partial charge >= 0.3 is 0 Å². The zero-order chi connectivity index (χ0) is 13.2. The topological polar surface area (TPSA) is 50.9 Å². The van der Waals surface area contributed by atoms with Crippen molar-refractivity contribution >= 4 is 50.6 Å². The van der Waals surface area contributed by atoms with Crippen LogP contribution < -0.4 is 11.1 Å². The average Bonchev–Trinajstić information content (AvgIpc) is 2.44. The van der Waals surface area contributed by atoms with Gasteiger partial charge in [0, 0.05) is 8.96 Å². The number of aromatic nitrogens is 1. The van der Waals surface area contributed by atoms with Crippen LogP contribution in [0.15, 0.2) is 54.7 Å². The van der Waals surface area contributed by atoms with E-state index in [1.54, 1.807) is 6.20 Å². The maximum atomic E-state index is 6.06. The van der Waals surface area contributed by atoms with Crippen LogP contribution in [0.1, 0.15) is 0 Å². The second kappa shape index (κ2) is 5.05. The summed E-state index contributed by atoms with van der Waals surface area (Å²) in [6, 6.07) is 16.1. The van der Waals surface area contributed by atoms with Crippen LogP contribution in [-0.4, -0.2) is 4.98 Å². The van der Waals surface area contributed by atoms with Crippen molar-refractivity contribution in [2.45, 2.75) is 0 Å². The van der Waals surface area contributed by atoms with Crippen molar-refractivity contribution in [1.82, 2.24) is 4.98 Å². The summed E-state index contributed by atoms with van der Waals surface area (Å²) in [4.78, 5) is 4.34. The van der Waals surface area contributed by atoms with Crippen LogP contribution in [0.4, 0.5) is 17.1 Å². The maximum Gasteiger partial charge on any atom is 0.0746 e. The van der Waals surface area contributed by atoms with E-state index < -0.39 is 0 Å². The third-order valence-corrected chi connectivity index (χ3v) is 3.88. The van der Waals surface area contributed by atoms with Gasteiger partial charge < -0.3 is 11.1 Å². The molecule has 2 aromatic carbocycles. The van der Waals surface area contributed by atoms with Crippen LogP contribution in [-0.2, 0) is 0 Å². The lowest BCUT2D eigenvalue weighted by Gasteiger charge is -2.13. The number of nitrogens with two attached hydrogens (primary N) is 1. The fourth-order valence-corrected chi connectivity index (χ4v) is 2.52. The second-order valence-electron chi connectivity index (χ2n) is 4.21. The van der Waals surface area contributed by atoms with Crippen molar-refractivity contribution in [2.24, 2.45) is 0 Å². The van der Waals surface area contributed by atoms with Gasteiger partial charge in [0.2, 0.25) is 0 Å². The van der Waals surface area contributed by atoms with Crippen LogP contribution in [0.5, 0.6) is 0 Å². The number of nitrogens with one attached hydrogen (secondary N) is 1. The van der Waals surface area contributed by atoms with Crippen LogP contribution in [0, 0.1) is 3.57 Å². The monoisotopic (exact) mass is 361 g/mol. The highest BCUT2D eigenvalue weighted by atomic mass is 127. The molecule has 0 radical (unpaired) electrons. The predicted octanol–water partition coefficient (Wildman–Crippen LogP) is 4.17. The molecule has 0 fully saturated rings. The molecule has 4 heteroatoms.